The fourth-order valence-corrected chi connectivity index (χ4v) is 11.0. The van der Waals surface area contributed by atoms with E-state index in [9.17, 15) is 14.4 Å². The zero-order chi connectivity index (χ0) is 58.5. The topological polar surface area (TPSA) is 78.9 Å². The zero-order valence-corrected chi connectivity index (χ0v) is 54.6. The third-order valence-corrected chi connectivity index (χ3v) is 16.3. The minimum atomic E-state index is -0.766. The normalized spacial score (nSPS) is 12.3. The molecule has 0 radical (unpaired) electrons. The van der Waals surface area contributed by atoms with E-state index < -0.39 is 6.10 Å². The van der Waals surface area contributed by atoms with Gasteiger partial charge in [-0.05, 0) is 57.8 Å². The minimum Gasteiger partial charge on any atom is -0.462 e. The summed E-state index contributed by atoms with van der Waals surface area (Å²) in [5.74, 6) is -0.832. The van der Waals surface area contributed by atoms with Crippen LogP contribution in [0.4, 0.5) is 0 Å². The smallest absolute Gasteiger partial charge is 0.306 e. The predicted molar refractivity (Wildman–Crippen MR) is 353 cm³/mol. The van der Waals surface area contributed by atoms with Gasteiger partial charge in [0.1, 0.15) is 13.2 Å². The molecule has 0 aliphatic rings. The average molecular weight is 1140 g/mol. The first-order valence-corrected chi connectivity index (χ1v) is 36.1. The number of carbonyl (C=O) groups excluding carboxylic acids is 3. The van der Waals surface area contributed by atoms with Crippen LogP contribution < -0.4 is 0 Å². The molecule has 0 saturated carbocycles. The van der Waals surface area contributed by atoms with Crippen LogP contribution in [0.2, 0.25) is 0 Å². The van der Waals surface area contributed by atoms with Gasteiger partial charge >= 0.3 is 17.9 Å². The van der Waals surface area contributed by atoms with E-state index in [-0.39, 0.29) is 31.1 Å². The lowest BCUT2D eigenvalue weighted by Gasteiger charge is -2.18. The van der Waals surface area contributed by atoms with Crippen LogP contribution >= 0.6 is 0 Å². The summed E-state index contributed by atoms with van der Waals surface area (Å²) < 4.78 is 17.0. The number of esters is 3. The molecule has 0 amide bonds. The lowest BCUT2D eigenvalue weighted by molar-refractivity contribution is -0.167. The van der Waals surface area contributed by atoms with E-state index in [2.05, 4.69) is 69.4 Å². The van der Waals surface area contributed by atoms with Gasteiger partial charge in [-0.2, -0.15) is 0 Å². The summed E-state index contributed by atoms with van der Waals surface area (Å²) in [7, 11) is 0. The highest BCUT2D eigenvalue weighted by Crippen LogP contribution is 2.19. The van der Waals surface area contributed by atoms with Gasteiger partial charge in [0, 0.05) is 19.3 Å². The number of allylic oxidation sites excluding steroid dienone is 8. The molecule has 81 heavy (non-hydrogen) atoms. The standard InChI is InChI=1S/C75H138O6/c1-4-7-10-13-16-19-22-25-28-29-30-31-32-33-34-35-36-37-38-39-40-41-42-43-44-45-46-47-48-51-53-56-59-62-65-68-74(77)80-71-72(81-75(78)69-66-63-60-57-54-50-27-24-21-18-15-12-9-6-3)70-79-73(76)67-64-61-58-55-52-49-26-23-20-17-14-11-8-5-2/h7,10,16,19,25,28,30-31,72H,4-6,8-9,11-15,17-18,20-24,26-27,29,32-71H2,1-3H3/b10-7-,19-16-,28-25-,31-30-. The van der Waals surface area contributed by atoms with Crippen molar-refractivity contribution >= 4 is 17.9 Å². The van der Waals surface area contributed by atoms with Crippen molar-refractivity contribution in [3.63, 3.8) is 0 Å². The Bertz CT molecular complexity index is 1400. The van der Waals surface area contributed by atoms with Crippen LogP contribution in [0.25, 0.3) is 0 Å². The molecule has 0 heterocycles. The van der Waals surface area contributed by atoms with Gasteiger partial charge in [0.05, 0.1) is 0 Å². The molecule has 6 nitrogen and oxygen atoms in total. The number of unbranched alkanes of at least 4 members (excludes halogenated alkanes) is 48. The maximum atomic E-state index is 12.9. The Morgan fingerprint density at radius 1 is 0.259 bits per heavy atom. The van der Waals surface area contributed by atoms with Crippen molar-refractivity contribution < 1.29 is 28.6 Å². The molecular weight excluding hydrogens is 997 g/mol. The number of carbonyl (C=O) groups is 3. The Hall–Kier alpha value is -2.63. The molecule has 0 fully saturated rings. The number of hydrogen-bond donors (Lipinski definition) is 0. The summed E-state index contributed by atoms with van der Waals surface area (Å²) in [5.41, 5.74) is 0. The summed E-state index contributed by atoms with van der Waals surface area (Å²) in [6.45, 7) is 6.60. The fraction of sp³-hybridized carbons (Fsp3) is 0.853. The summed E-state index contributed by atoms with van der Waals surface area (Å²) in [6, 6.07) is 0. The number of hydrogen-bond acceptors (Lipinski definition) is 6. The van der Waals surface area contributed by atoms with Gasteiger partial charge in [0.25, 0.3) is 0 Å². The molecule has 0 bridgehead atoms. The quantitative estimate of drug-likeness (QED) is 0.0261. The molecular formula is C75H138O6. The second-order valence-electron chi connectivity index (χ2n) is 24.5. The molecule has 0 aliphatic heterocycles. The summed E-state index contributed by atoms with van der Waals surface area (Å²) in [4.78, 5) is 38.4. The lowest BCUT2D eigenvalue weighted by atomic mass is 10.0. The molecule has 0 spiro atoms. The highest BCUT2D eigenvalue weighted by Gasteiger charge is 2.19. The predicted octanol–water partition coefficient (Wildman–Crippen LogP) is 24.9. The van der Waals surface area contributed by atoms with Crippen LogP contribution in [0.15, 0.2) is 48.6 Å². The van der Waals surface area contributed by atoms with Gasteiger partial charge in [0.15, 0.2) is 6.10 Å². The van der Waals surface area contributed by atoms with Crippen LogP contribution in [0.1, 0.15) is 393 Å². The van der Waals surface area contributed by atoms with Gasteiger partial charge in [-0.3, -0.25) is 14.4 Å². The van der Waals surface area contributed by atoms with Crippen LogP contribution in [-0.2, 0) is 28.6 Å². The summed E-state index contributed by atoms with van der Waals surface area (Å²) >= 11 is 0. The Morgan fingerprint density at radius 2 is 0.481 bits per heavy atom. The maximum absolute atomic E-state index is 12.9. The number of rotatable bonds is 67. The van der Waals surface area contributed by atoms with Crippen molar-refractivity contribution in [2.75, 3.05) is 13.2 Å². The van der Waals surface area contributed by atoms with Crippen molar-refractivity contribution in [1.29, 1.82) is 0 Å². The summed E-state index contributed by atoms with van der Waals surface area (Å²) in [6.07, 6.45) is 88.7. The zero-order valence-electron chi connectivity index (χ0n) is 54.6. The van der Waals surface area contributed by atoms with E-state index in [0.29, 0.717) is 19.3 Å². The van der Waals surface area contributed by atoms with Crippen LogP contribution in [0.3, 0.4) is 0 Å². The van der Waals surface area contributed by atoms with Gasteiger partial charge in [-0.1, -0.05) is 365 Å². The molecule has 0 aromatic rings. The van der Waals surface area contributed by atoms with E-state index in [1.807, 2.05) is 0 Å². The fourth-order valence-electron chi connectivity index (χ4n) is 11.0. The molecule has 474 valence electrons. The third kappa shape index (κ3) is 68.0. The first-order chi connectivity index (χ1) is 40.0. The van der Waals surface area contributed by atoms with Crippen molar-refractivity contribution in [1.82, 2.24) is 0 Å². The van der Waals surface area contributed by atoms with Crippen molar-refractivity contribution in [2.24, 2.45) is 0 Å². The van der Waals surface area contributed by atoms with Gasteiger partial charge in [-0.25, -0.2) is 0 Å². The SMILES string of the molecule is CC/C=C\C/C=C\C/C=C\C/C=C\CCCCCCCCCCCCCCCCCCCCCCCCC(=O)OCC(COC(=O)CCCCCCCCCCCCCCCC)OC(=O)CCCCCCCCCCCCCCCC. The van der Waals surface area contributed by atoms with Crippen LogP contribution in [0.5, 0.6) is 0 Å². The Labute approximate surface area is 505 Å². The highest BCUT2D eigenvalue weighted by molar-refractivity contribution is 5.71. The molecule has 0 aromatic heterocycles. The van der Waals surface area contributed by atoms with E-state index in [1.165, 1.54) is 270 Å². The van der Waals surface area contributed by atoms with E-state index >= 15 is 0 Å². The minimum absolute atomic E-state index is 0.0640. The second-order valence-corrected chi connectivity index (χ2v) is 24.5. The van der Waals surface area contributed by atoms with Gasteiger partial charge < -0.3 is 14.2 Å². The summed E-state index contributed by atoms with van der Waals surface area (Å²) in [5, 5.41) is 0. The first-order valence-electron chi connectivity index (χ1n) is 36.1. The van der Waals surface area contributed by atoms with Gasteiger partial charge in [-0.15, -0.1) is 0 Å². The molecule has 1 atom stereocenters. The second kappa shape index (κ2) is 69.9. The molecule has 0 N–H and O–H groups in total. The molecule has 6 heteroatoms. The number of ether oxygens (including phenoxy) is 3. The third-order valence-electron chi connectivity index (χ3n) is 16.3. The monoisotopic (exact) mass is 1140 g/mol. The Balaban J connectivity index is 4.05. The molecule has 0 aliphatic carbocycles. The van der Waals surface area contributed by atoms with E-state index in [4.69, 9.17) is 14.2 Å². The first kappa shape index (κ1) is 78.4. The molecule has 1 unspecified atom stereocenters. The molecule has 0 aromatic carbocycles. The van der Waals surface area contributed by atoms with E-state index in [0.717, 1.165) is 83.5 Å². The highest BCUT2D eigenvalue weighted by atomic mass is 16.6. The van der Waals surface area contributed by atoms with Crippen molar-refractivity contribution in [3.8, 4) is 0 Å². The van der Waals surface area contributed by atoms with Crippen LogP contribution in [-0.4, -0.2) is 37.2 Å². The average Bonchev–Trinajstić information content (AvgIpc) is 3.47. The largest absolute Gasteiger partial charge is 0.462 e. The molecule has 0 rings (SSSR count). The Morgan fingerprint density at radius 3 is 0.753 bits per heavy atom. The van der Waals surface area contributed by atoms with Gasteiger partial charge in [0.2, 0.25) is 0 Å². The van der Waals surface area contributed by atoms with Crippen molar-refractivity contribution in [3.05, 3.63) is 48.6 Å². The lowest BCUT2D eigenvalue weighted by Crippen LogP contribution is -2.30. The van der Waals surface area contributed by atoms with Crippen LogP contribution in [0, 0.1) is 0 Å². The maximum Gasteiger partial charge on any atom is 0.306 e. The molecule has 0 saturated heterocycles. The van der Waals surface area contributed by atoms with E-state index in [1.54, 1.807) is 0 Å². The Kier molecular flexibility index (Phi) is 67.6. The van der Waals surface area contributed by atoms with Crippen molar-refractivity contribution in [2.45, 2.75) is 399 Å².